The van der Waals surface area contributed by atoms with Crippen LogP contribution in [0.3, 0.4) is 0 Å². The first-order valence-corrected chi connectivity index (χ1v) is 19.7. The van der Waals surface area contributed by atoms with E-state index in [2.05, 4.69) is 107 Å². The molecule has 0 bridgehead atoms. The summed E-state index contributed by atoms with van der Waals surface area (Å²) in [5.41, 5.74) is 3.14. The summed E-state index contributed by atoms with van der Waals surface area (Å²) in [5, 5.41) is 17.8. The van der Waals surface area contributed by atoms with Crippen LogP contribution in [-0.2, 0) is 28.2 Å². The Morgan fingerprint density at radius 1 is 0.661 bits per heavy atom. The summed E-state index contributed by atoms with van der Waals surface area (Å²) in [4.78, 5) is 20.0. The van der Waals surface area contributed by atoms with Crippen LogP contribution in [0.5, 0.6) is 5.75 Å². The van der Waals surface area contributed by atoms with Crippen molar-refractivity contribution in [3.05, 3.63) is 173 Å². The van der Waals surface area contributed by atoms with E-state index < -0.39 is 23.3 Å². The summed E-state index contributed by atoms with van der Waals surface area (Å²) in [6.07, 6.45) is -0.424. The molecule has 7 heteroatoms. The van der Waals surface area contributed by atoms with Crippen molar-refractivity contribution in [2.24, 2.45) is 5.92 Å². The summed E-state index contributed by atoms with van der Waals surface area (Å²) in [6.45, 7) is 19.0. The molecular formula is C49H60N2O5. The van der Waals surface area contributed by atoms with Crippen LogP contribution in [0.1, 0.15) is 108 Å². The van der Waals surface area contributed by atoms with Gasteiger partial charge in [0.2, 0.25) is 0 Å². The lowest BCUT2D eigenvalue weighted by Gasteiger charge is -2.44. The SMILES string of the molecule is CC(ON(C(c1ccccc1)C(C)C)C(C)(C)C)c1ccc(COc2ccc(C[C@H](NC(=O)OC(C)(C)C)C(O)(c3ccccc3)c3ccccc3)cc2)cc1. The number of alkyl carbamates (subject to hydrolysis) is 1. The average molecular weight is 757 g/mol. The maximum Gasteiger partial charge on any atom is 0.408 e. The van der Waals surface area contributed by atoms with E-state index in [1.54, 1.807) is 0 Å². The van der Waals surface area contributed by atoms with Gasteiger partial charge in [-0.3, -0.25) is 4.84 Å². The van der Waals surface area contributed by atoms with Crippen LogP contribution in [0.2, 0.25) is 0 Å². The molecule has 1 amide bonds. The molecule has 0 aliphatic carbocycles. The third-order valence-corrected chi connectivity index (χ3v) is 9.80. The van der Waals surface area contributed by atoms with Crippen LogP contribution in [0.4, 0.5) is 4.79 Å². The maximum absolute atomic E-state index is 13.2. The predicted octanol–water partition coefficient (Wildman–Crippen LogP) is 11.1. The van der Waals surface area contributed by atoms with Crippen LogP contribution >= 0.6 is 0 Å². The average Bonchev–Trinajstić information content (AvgIpc) is 3.17. The Hall–Kier alpha value is -4.95. The van der Waals surface area contributed by atoms with Crippen LogP contribution < -0.4 is 10.1 Å². The van der Waals surface area contributed by atoms with Gasteiger partial charge in [0.1, 0.15) is 29.7 Å². The quantitative estimate of drug-likeness (QED) is 0.104. The van der Waals surface area contributed by atoms with E-state index in [1.165, 1.54) is 5.56 Å². The second-order valence-corrected chi connectivity index (χ2v) is 16.9. The molecule has 2 N–H and O–H groups in total. The molecule has 0 aliphatic rings. The standard InChI is InChI=1S/C49H60N2O5/c1-35(2)45(40-19-13-10-14-20-40)51(47(4,5)6)56-36(3)39-29-25-38(26-30-39)34-54-43-31-27-37(28-32-43)33-44(50-46(52)55-48(7,8)9)49(53,41-21-15-11-16-22-41)42-23-17-12-18-24-42/h10-32,35-36,44-45,53H,33-34H2,1-9H3,(H,50,52)/t36?,44-,45?/m0/s1. The number of hydroxylamine groups is 2. The van der Waals surface area contributed by atoms with Gasteiger partial charge in [0.15, 0.2) is 0 Å². The molecule has 56 heavy (non-hydrogen) atoms. The van der Waals surface area contributed by atoms with Crippen LogP contribution in [0.25, 0.3) is 0 Å². The van der Waals surface area contributed by atoms with Crippen molar-refractivity contribution < 1.29 is 24.2 Å². The summed E-state index contributed by atoms with van der Waals surface area (Å²) < 4.78 is 11.9. The van der Waals surface area contributed by atoms with Gasteiger partial charge in [-0.15, -0.1) is 0 Å². The second-order valence-electron chi connectivity index (χ2n) is 16.9. The van der Waals surface area contributed by atoms with Gasteiger partial charge in [-0.1, -0.05) is 141 Å². The number of carbonyl (C=O) groups excluding carboxylic acids is 1. The Morgan fingerprint density at radius 3 is 1.64 bits per heavy atom. The molecule has 3 atom stereocenters. The van der Waals surface area contributed by atoms with Gasteiger partial charge in [-0.05, 0) is 106 Å². The van der Waals surface area contributed by atoms with E-state index in [0.29, 0.717) is 35.8 Å². The Bertz CT molecular complexity index is 1900. The summed E-state index contributed by atoms with van der Waals surface area (Å²) in [6, 6.07) is 45.0. The number of carbonyl (C=O) groups is 1. The van der Waals surface area contributed by atoms with Gasteiger partial charge < -0.3 is 19.9 Å². The highest BCUT2D eigenvalue weighted by Crippen LogP contribution is 2.38. The van der Waals surface area contributed by atoms with Gasteiger partial charge in [-0.2, -0.15) is 5.06 Å². The van der Waals surface area contributed by atoms with Gasteiger partial charge in [0.05, 0.1) is 12.1 Å². The van der Waals surface area contributed by atoms with Crippen molar-refractivity contribution in [1.82, 2.24) is 10.4 Å². The molecule has 0 spiro atoms. The zero-order chi connectivity index (χ0) is 40.5. The highest BCUT2D eigenvalue weighted by atomic mass is 16.7. The fourth-order valence-corrected chi connectivity index (χ4v) is 7.03. The Kier molecular flexibility index (Phi) is 13.8. The van der Waals surface area contributed by atoms with Crippen molar-refractivity contribution in [2.45, 2.75) is 110 Å². The van der Waals surface area contributed by atoms with Crippen LogP contribution in [0, 0.1) is 5.92 Å². The molecule has 0 saturated carbocycles. The molecule has 0 aromatic heterocycles. The summed E-state index contributed by atoms with van der Waals surface area (Å²) in [5.74, 6) is 1.06. The largest absolute Gasteiger partial charge is 0.489 e. The lowest BCUT2D eigenvalue weighted by atomic mass is 9.78. The molecule has 296 valence electrons. The second kappa shape index (κ2) is 18.3. The first-order chi connectivity index (χ1) is 26.5. The summed E-state index contributed by atoms with van der Waals surface area (Å²) in [7, 11) is 0. The van der Waals surface area contributed by atoms with E-state index in [9.17, 15) is 9.90 Å². The molecule has 0 radical (unpaired) electrons. The Morgan fingerprint density at radius 2 is 1.16 bits per heavy atom. The highest BCUT2D eigenvalue weighted by Gasteiger charge is 2.42. The Labute approximate surface area is 334 Å². The number of benzene rings is 5. The summed E-state index contributed by atoms with van der Waals surface area (Å²) >= 11 is 0. The van der Waals surface area contributed by atoms with E-state index >= 15 is 0 Å². The van der Waals surface area contributed by atoms with Crippen LogP contribution in [-0.4, -0.2) is 33.4 Å². The minimum Gasteiger partial charge on any atom is -0.489 e. The third kappa shape index (κ3) is 11.1. The van der Waals surface area contributed by atoms with E-state index in [4.69, 9.17) is 14.3 Å². The number of rotatable bonds is 15. The number of amides is 1. The van der Waals surface area contributed by atoms with Crippen molar-refractivity contribution in [2.75, 3.05) is 0 Å². The molecular weight excluding hydrogens is 697 g/mol. The lowest BCUT2D eigenvalue weighted by Crippen LogP contribution is -2.53. The molecule has 5 aromatic rings. The third-order valence-electron chi connectivity index (χ3n) is 9.80. The number of aliphatic hydroxyl groups is 1. The predicted molar refractivity (Wildman–Crippen MR) is 225 cm³/mol. The molecule has 7 nitrogen and oxygen atoms in total. The number of ether oxygens (including phenoxy) is 2. The van der Waals surface area contributed by atoms with E-state index in [1.807, 2.05) is 106 Å². The van der Waals surface area contributed by atoms with Gasteiger partial charge >= 0.3 is 6.09 Å². The molecule has 2 unspecified atom stereocenters. The number of hydrogen-bond acceptors (Lipinski definition) is 6. The first kappa shape index (κ1) is 42.2. The topological polar surface area (TPSA) is 80.3 Å². The molecule has 5 rings (SSSR count). The smallest absolute Gasteiger partial charge is 0.408 e. The molecule has 5 aromatic carbocycles. The molecule has 0 aliphatic heterocycles. The van der Waals surface area contributed by atoms with Crippen LogP contribution in [0.15, 0.2) is 140 Å². The molecule has 0 saturated heterocycles. The fraction of sp³-hybridized carbons (Fsp3) is 0.367. The minimum atomic E-state index is -1.55. The normalized spacial score (nSPS) is 13.9. The molecule has 0 heterocycles. The fourth-order valence-electron chi connectivity index (χ4n) is 7.03. The maximum atomic E-state index is 13.2. The van der Waals surface area contributed by atoms with E-state index in [-0.39, 0.29) is 17.7 Å². The Balaban J connectivity index is 1.28. The number of nitrogens with one attached hydrogen (secondary N) is 1. The molecule has 0 fully saturated rings. The zero-order valence-corrected chi connectivity index (χ0v) is 34.5. The first-order valence-electron chi connectivity index (χ1n) is 19.7. The minimum absolute atomic E-state index is 0.101. The lowest BCUT2D eigenvalue weighted by molar-refractivity contribution is -0.272. The van der Waals surface area contributed by atoms with Crippen molar-refractivity contribution >= 4 is 6.09 Å². The number of hydrogen-bond donors (Lipinski definition) is 2. The van der Waals surface area contributed by atoms with Gasteiger partial charge in [0, 0.05) is 5.54 Å². The zero-order valence-electron chi connectivity index (χ0n) is 34.5. The van der Waals surface area contributed by atoms with Gasteiger partial charge in [-0.25, -0.2) is 4.79 Å². The van der Waals surface area contributed by atoms with Crippen molar-refractivity contribution in [3.63, 3.8) is 0 Å². The van der Waals surface area contributed by atoms with Gasteiger partial charge in [0.25, 0.3) is 0 Å². The van der Waals surface area contributed by atoms with Crippen molar-refractivity contribution in [1.29, 1.82) is 0 Å². The van der Waals surface area contributed by atoms with Crippen molar-refractivity contribution in [3.8, 4) is 5.75 Å². The monoisotopic (exact) mass is 756 g/mol. The number of nitrogens with zero attached hydrogens (tertiary/aromatic N) is 1. The highest BCUT2D eigenvalue weighted by molar-refractivity contribution is 5.69. The van der Waals surface area contributed by atoms with E-state index in [0.717, 1.165) is 16.7 Å².